The number of nitrogens with zero attached hydrogens (tertiary/aromatic N) is 1. The molecular weight excluding hydrogens is 110 g/mol. The van der Waals surface area contributed by atoms with Gasteiger partial charge in [0.1, 0.15) is 0 Å². The molecule has 2 atom stereocenters. The van der Waals surface area contributed by atoms with E-state index in [1.165, 1.54) is 19.5 Å². The molecule has 9 heavy (non-hydrogen) atoms. The Morgan fingerprint density at radius 1 is 1.56 bits per heavy atom. The highest BCUT2D eigenvalue weighted by molar-refractivity contribution is 5.08. The number of hydrogen-bond acceptors (Lipinski definition) is 1. The Hall–Kier alpha value is -0.300. The van der Waals surface area contributed by atoms with Crippen LogP contribution in [0.1, 0.15) is 13.3 Å². The minimum Gasteiger partial charge on any atom is -0.293 e. The van der Waals surface area contributed by atoms with E-state index in [9.17, 15) is 0 Å². The third-order valence-electron chi connectivity index (χ3n) is 2.55. The van der Waals surface area contributed by atoms with Crippen LogP contribution in [0.5, 0.6) is 0 Å². The summed E-state index contributed by atoms with van der Waals surface area (Å²) in [6.45, 7) is 4.87. The zero-order chi connectivity index (χ0) is 6.27. The molecule has 0 aromatic carbocycles. The van der Waals surface area contributed by atoms with Gasteiger partial charge in [0.05, 0.1) is 0 Å². The van der Waals surface area contributed by atoms with Gasteiger partial charge in [0, 0.05) is 12.6 Å². The Balaban J connectivity index is 2.15. The maximum absolute atomic E-state index is 2.55. The highest BCUT2D eigenvalue weighted by atomic mass is 15.2. The quantitative estimate of drug-likeness (QED) is 0.438. The van der Waals surface area contributed by atoms with Crippen LogP contribution in [0.25, 0.3) is 0 Å². The van der Waals surface area contributed by atoms with Crippen molar-refractivity contribution in [3.05, 3.63) is 12.2 Å². The summed E-state index contributed by atoms with van der Waals surface area (Å²) in [6, 6.07) is 0.796. The highest BCUT2D eigenvalue weighted by Gasteiger charge is 2.30. The Morgan fingerprint density at radius 2 is 2.44 bits per heavy atom. The van der Waals surface area contributed by atoms with Gasteiger partial charge in [0.2, 0.25) is 0 Å². The molecule has 2 heterocycles. The van der Waals surface area contributed by atoms with Gasteiger partial charge in [-0.2, -0.15) is 0 Å². The second-order valence-corrected chi connectivity index (χ2v) is 3.18. The van der Waals surface area contributed by atoms with Crippen LogP contribution < -0.4 is 0 Å². The number of hydrogen-bond donors (Lipinski definition) is 0. The zero-order valence-electron chi connectivity index (χ0n) is 5.88. The largest absolute Gasteiger partial charge is 0.293 e. The predicted octanol–water partition coefficient (Wildman–Crippen LogP) is 1.27. The molecule has 1 fully saturated rings. The van der Waals surface area contributed by atoms with Crippen molar-refractivity contribution >= 4 is 0 Å². The van der Waals surface area contributed by atoms with Crippen molar-refractivity contribution in [1.82, 2.24) is 4.90 Å². The van der Waals surface area contributed by atoms with E-state index in [-0.39, 0.29) is 0 Å². The minimum absolute atomic E-state index is 0.796. The molecular formula is C8H13N. The first-order valence-corrected chi connectivity index (χ1v) is 3.78. The van der Waals surface area contributed by atoms with Gasteiger partial charge in [0.15, 0.2) is 0 Å². The van der Waals surface area contributed by atoms with E-state index in [0.29, 0.717) is 0 Å². The summed E-state index contributed by atoms with van der Waals surface area (Å²) in [7, 11) is 0. The SMILES string of the molecule is CC1CCN2CC=CC12. The summed E-state index contributed by atoms with van der Waals surface area (Å²) in [6.07, 6.45) is 6.05. The van der Waals surface area contributed by atoms with Gasteiger partial charge in [0.25, 0.3) is 0 Å². The average molecular weight is 123 g/mol. The van der Waals surface area contributed by atoms with Crippen LogP contribution in [0.15, 0.2) is 12.2 Å². The fourth-order valence-electron chi connectivity index (χ4n) is 1.91. The summed E-state index contributed by atoms with van der Waals surface area (Å²) in [4.78, 5) is 2.55. The van der Waals surface area contributed by atoms with E-state index in [2.05, 4.69) is 24.0 Å². The smallest absolute Gasteiger partial charge is 0.0308 e. The van der Waals surface area contributed by atoms with Crippen LogP contribution in [0, 0.1) is 5.92 Å². The lowest BCUT2D eigenvalue weighted by atomic mass is 10.0. The monoisotopic (exact) mass is 123 g/mol. The molecule has 0 N–H and O–H groups in total. The van der Waals surface area contributed by atoms with Gasteiger partial charge < -0.3 is 0 Å². The first-order chi connectivity index (χ1) is 4.38. The topological polar surface area (TPSA) is 3.24 Å². The van der Waals surface area contributed by atoms with E-state index < -0.39 is 0 Å². The lowest BCUT2D eigenvalue weighted by Crippen LogP contribution is -2.25. The summed E-state index contributed by atoms with van der Waals surface area (Å²) in [5.74, 6) is 0.906. The second kappa shape index (κ2) is 1.84. The molecule has 1 nitrogen and oxygen atoms in total. The maximum Gasteiger partial charge on any atom is 0.0308 e. The van der Waals surface area contributed by atoms with E-state index in [1.807, 2.05) is 0 Å². The standard InChI is InChI=1S/C8H13N/c1-7-4-6-9-5-2-3-8(7)9/h2-3,7-8H,4-6H2,1H3. The molecule has 0 saturated carbocycles. The van der Waals surface area contributed by atoms with Crippen LogP contribution in [0.2, 0.25) is 0 Å². The van der Waals surface area contributed by atoms with Crippen LogP contribution >= 0.6 is 0 Å². The maximum atomic E-state index is 2.55. The van der Waals surface area contributed by atoms with Crippen molar-refractivity contribution < 1.29 is 0 Å². The molecule has 0 bridgehead atoms. The van der Waals surface area contributed by atoms with E-state index in [1.54, 1.807) is 0 Å². The third-order valence-corrected chi connectivity index (χ3v) is 2.55. The molecule has 50 valence electrons. The molecule has 2 rings (SSSR count). The molecule has 0 aromatic heterocycles. The summed E-state index contributed by atoms with van der Waals surface area (Å²) in [5, 5.41) is 0. The average Bonchev–Trinajstić information content (AvgIpc) is 2.35. The van der Waals surface area contributed by atoms with Crippen LogP contribution in [0.3, 0.4) is 0 Å². The molecule has 0 aliphatic carbocycles. The molecule has 2 aliphatic heterocycles. The normalized spacial score (nSPS) is 41.9. The van der Waals surface area contributed by atoms with Crippen molar-refractivity contribution in [3.8, 4) is 0 Å². The van der Waals surface area contributed by atoms with Crippen LogP contribution in [-0.4, -0.2) is 24.0 Å². The molecule has 1 saturated heterocycles. The second-order valence-electron chi connectivity index (χ2n) is 3.18. The molecule has 0 spiro atoms. The Morgan fingerprint density at radius 3 is 3.22 bits per heavy atom. The predicted molar refractivity (Wildman–Crippen MR) is 38.3 cm³/mol. The zero-order valence-corrected chi connectivity index (χ0v) is 5.88. The third kappa shape index (κ3) is 0.715. The molecule has 2 aliphatic rings. The van der Waals surface area contributed by atoms with Gasteiger partial charge in [-0.25, -0.2) is 0 Å². The van der Waals surface area contributed by atoms with Gasteiger partial charge in [-0.3, -0.25) is 4.90 Å². The summed E-state index contributed by atoms with van der Waals surface area (Å²) >= 11 is 0. The first-order valence-electron chi connectivity index (χ1n) is 3.78. The fourth-order valence-corrected chi connectivity index (χ4v) is 1.91. The lowest BCUT2D eigenvalue weighted by Gasteiger charge is -2.15. The Labute approximate surface area is 56.4 Å². The van der Waals surface area contributed by atoms with Gasteiger partial charge in [-0.05, 0) is 18.9 Å². The van der Waals surface area contributed by atoms with E-state index >= 15 is 0 Å². The summed E-state index contributed by atoms with van der Waals surface area (Å²) < 4.78 is 0. The van der Waals surface area contributed by atoms with Gasteiger partial charge in [-0.1, -0.05) is 19.1 Å². The minimum atomic E-state index is 0.796. The van der Waals surface area contributed by atoms with Crippen molar-refractivity contribution in [2.24, 2.45) is 5.92 Å². The molecule has 1 heteroatoms. The Bertz CT molecular complexity index is 140. The van der Waals surface area contributed by atoms with Crippen molar-refractivity contribution in [2.45, 2.75) is 19.4 Å². The molecule has 2 unspecified atom stereocenters. The van der Waals surface area contributed by atoms with E-state index in [4.69, 9.17) is 0 Å². The lowest BCUT2D eigenvalue weighted by molar-refractivity contribution is 0.321. The first kappa shape index (κ1) is 5.48. The van der Waals surface area contributed by atoms with Crippen molar-refractivity contribution in [3.63, 3.8) is 0 Å². The van der Waals surface area contributed by atoms with Crippen molar-refractivity contribution in [2.75, 3.05) is 13.1 Å². The molecule has 0 amide bonds. The number of rotatable bonds is 0. The Kier molecular flexibility index (Phi) is 1.12. The number of fused-ring (bicyclic) bond motifs is 1. The van der Waals surface area contributed by atoms with E-state index in [0.717, 1.165) is 12.0 Å². The summed E-state index contributed by atoms with van der Waals surface area (Å²) in [5.41, 5.74) is 0. The van der Waals surface area contributed by atoms with Gasteiger partial charge in [-0.15, -0.1) is 0 Å². The molecule has 0 radical (unpaired) electrons. The van der Waals surface area contributed by atoms with Crippen molar-refractivity contribution in [1.29, 1.82) is 0 Å². The molecule has 0 aromatic rings. The highest BCUT2D eigenvalue weighted by Crippen LogP contribution is 2.27. The van der Waals surface area contributed by atoms with Crippen LogP contribution in [0.4, 0.5) is 0 Å². The van der Waals surface area contributed by atoms with Gasteiger partial charge >= 0.3 is 0 Å². The fraction of sp³-hybridized carbons (Fsp3) is 0.750. The van der Waals surface area contributed by atoms with Crippen LogP contribution in [-0.2, 0) is 0 Å².